The minimum absolute atomic E-state index is 0.161. The van der Waals surface area contributed by atoms with Gasteiger partial charge in [0.1, 0.15) is 6.04 Å². The third-order valence-electron chi connectivity index (χ3n) is 5.96. The highest BCUT2D eigenvalue weighted by molar-refractivity contribution is 5.88. The molecular formula is C30H36N2O4. The summed E-state index contributed by atoms with van der Waals surface area (Å²) in [5, 5.41) is 3.03. The molecule has 2 amide bonds. The van der Waals surface area contributed by atoms with Crippen LogP contribution in [0.15, 0.2) is 78.9 Å². The SMILES string of the molecule is CCCCNC(=O)[C@@H](Cc1ccccc1)N(Cc1cccc(C)c1)C(=O)COc1ccccc1OC. The molecule has 3 aromatic rings. The summed E-state index contributed by atoms with van der Waals surface area (Å²) in [6.07, 6.45) is 2.26. The Morgan fingerprint density at radius 2 is 1.61 bits per heavy atom. The number of nitrogens with one attached hydrogen (secondary N) is 1. The number of rotatable bonds is 13. The molecule has 0 saturated carbocycles. The van der Waals surface area contributed by atoms with Crippen LogP contribution in [0.2, 0.25) is 0 Å². The third-order valence-corrected chi connectivity index (χ3v) is 5.96. The molecule has 0 radical (unpaired) electrons. The van der Waals surface area contributed by atoms with E-state index in [1.807, 2.05) is 73.7 Å². The number of amides is 2. The standard InChI is InChI=1S/C30H36N2O4/c1-4-5-18-31-30(34)26(20-24-13-7-6-8-14-24)32(21-25-15-11-12-23(2)19-25)29(33)22-36-28-17-10-9-16-27(28)35-3/h6-17,19,26H,4-5,18,20-22H2,1-3H3,(H,31,34)/t26-/m1/s1. The van der Waals surface area contributed by atoms with Crippen molar-refractivity contribution in [2.75, 3.05) is 20.3 Å². The van der Waals surface area contributed by atoms with Gasteiger partial charge >= 0.3 is 0 Å². The zero-order valence-electron chi connectivity index (χ0n) is 21.4. The van der Waals surface area contributed by atoms with Crippen LogP contribution in [0.3, 0.4) is 0 Å². The van der Waals surface area contributed by atoms with Crippen molar-refractivity contribution >= 4 is 11.8 Å². The predicted molar refractivity (Wildman–Crippen MR) is 142 cm³/mol. The number of aryl methyl sites for hydroxylation is 1. The second kappa shape index (κ2) is 13.9. The minimum atomic E-state index is -0.682. The number of carbonyl (C=O) groups is 2. The van der Waals surface area contributed by atoms with E-state index < -0.39 is 6.04 Å². The van der Waals surface area contributed by atoms with E-state index >= 15 is 0 Å². The fourth-order valence-corrected chi connectivity index (χ4v) is 4.03. The number of para-hydroxylation sites is 2. The molecule has 0 fully saturated rings. The normalized spacial score (nSPS) is 11.4. The molecule has 0 aliphatic rings. The fraction of sp³-hybridized carbons (Fsp3) is 0.333. The van der Waals surface area contributed by atoms with Gasteiger partial charge in [-0.25, -0.2) is 0 Å². The van der Waals surface area contributed by atoms with Crippen LogP contribution in [0.4, 0.5) is 0 Å². The summed E-state index contributed by atoms with van der Waals surface area (Å²) in [5.41, 5.74) is 3.04. The van der Waals surface area contributed by atoms with Gasteiger partial charge in [-0.05, 0) is 36.6 Å². The van der Waals surface area contributed by atoms with Crippen molar-refractivity contribution in [1.29, 1.82) is 0 Å². The van der Waals surface area contributed by atoms with E-state index in [9.17, 15) is 9.59 Å². The van der Waals surface area contributed by atoms with Crippen molar-refractivity contribution in [2.45, 2.75) is 45.7 Å². The van der Waals surface area contributed by atoms with Crippen LogP contribution >= 0.6 is 0 Å². The number of unbranched alkanes of at least 4 members (excludes halogenated alkanes) is 1. The highest BCUT2D eigenvalue weighted by atomic mass is 16.5. The molecule has 1 atom stereocenters. The molecule has 0 spiro atoms. The van der Waals surface area contributed by atoms with Gasteiger partial charge in [0, 0.05) is 19.5 Å². The molecule has 1 N–H and O–H groups in total. The van der Waals surface area contributed by atoms with Crippen molar-refractivity contribution in [3.8, 4) is 11.5 Å². The van der Waals surface area contributed by atoms with Gasteiger partial charge < -0.3 is 19.7 Å². The Hall–Kier alpha value is -3.80. The van der Waals surface area contributed by atoms with E-state index in [0.29, 0.717) is 31.0 Å². The fourth-order valence-electron chi connectivity index (χ4n) is 4.03. The number of benzene rings is 3. The van der Waals surface area contributed by atoms with E-state index in [4.69, 9.17) is 9.47 Å². The molecule has 0 bridgehead atoms. The molecule has 3 aromatic carbocycles. The van der Waals surface area contributed by atoms with E-state index in [0.717, 1.165) is 29.5 Å². The molecular weight excluding hydrogens is 452 g/mol. The zero-order chi connectivity index (χ0) is 25.8. The van der Waals surface area contributed by atoms with Crippen molar-refractivity contribution in [2.24, 2.45) is 0 Å². The monoisotopic (exact) mass is 488 g/mol. The molecule has 0 aliphatic carbocycles. The number of carbonyl (C=O) groups excluding carboxylic acids is 2. The molecule has 0 unspecified atom stereocenters. The van der Waals surface area contributed by atoms with Gasteiger partial charge in [0.2, 0.25) is 5.91 Å². The molecule has 190 valence electrons. The maximum Gasteiger partial charge on any atom is 0.261 e. The molecule has 36 heavy (non-hydrogen) atoms. The number of hydrogen-bond donors (Lipinski definition) is 1. The van der Waals surface area contributed by atoms with Crippen LogP contribution in [0, 0.1) is 6.92 Å². The van der Waals surface area contributed by atoms with Gasteiger partial charge in [-0.3, -0.25) is 9.59 Å². The summed E-state index contributed by atoms with van der Waals surface area (Å²) >= 11 is 0. The second-order valence-corrected chi connectivity index (χ2v) is 8.80. The van der Waals surface area contributed by atoms with Gasteiger partial charge in [-0.1, -0.05) is 85.6 Å². The van der Waals surface area contributed by atoms with Gasteiger partial charge in [0.05, 0.1) is 7.11 Å². The van der Waals surface area contributed by atoms with Gasteiger partial charge in [0.15, 0.2) is 18.1 Å². The Balaban J connectivity index is 1.90. The molecule has 0 aromatic heterocycles. The smallest absolute Gasteiger partial charge is 0.261 e. The predicted octanol–water partition coefficient (Wildman–Crippen LogP) is 4.94. The summed E-state index contributed by atoms with van der Waals surface area (Å²) in [6.45, 7) is 4.76. The number of ether oxygens (including phenoxy) is 2. The Morgan fingerprint density at radius 1 is 0.917 bits per heavy atom. The van der Waals surface area contributed by atoms with E-state index in [1.165, 1.54) is 0 Å². The minimum Gasteiger partial charge on any atom is -0.493 e. The highest BCUT2D eigenvalue weighted by Gasteiger charge is 2.30. The Bertz CT molecular complexity index is 1120. The van der Waals surface area contributed by atoms with Crippen molar-refractivity contribution in [3.05, 3.63) is 95.6 Å². The highest BCUT2D eigenvalue weighted by Crippen LogP contribution is 2.26. The van der Waals surface area contributed by atoms with Crippen molar-refractivity contribution < 1.29 is 19.1 Å². The first-order valence-corrected chi connectivity index (χ1v) is 12.4. The lowest BCUT2D eigenvalue weighted by molar-refractivity contribution is -0.142. The lowest BCUT2D eigenvalue weighted by atomic mass is 10.0. The first kappa shape index (κ1) is 26.8. The van der Waals surface area contributed by atoms with Crippen LogP contribution < -0.4 is 14.8 Å². The van der Waals surface area contributed by atoms with Gasteiger partial charge in [-0.15, -0.1) is 0 Å². The van der Waals surface area contributed by atoms with E-state index in [2.05, 4.69) is 12.2 Å². The molecule has 0 aliphatic heterocycles. The van der Waals surface area contributed by atoms with Gasteiger partial charge in [0.25, 0.3) is 5.91 Å². The summed E-state index contributed by atoms with van der Waals surface area (Å²) in [7, 11) is 1.56. The topological polar surface area (TPSA) is 67.9 Å². The summed E-state index contributed by atoms with van der Waals surface area (Å²) in [4.78, 5) is 28.7. The van der Waals surface area contributed by atoms with Crippen LogP contribution in [0.1, 0.15) is 36.5 Å². The molecule has 0 heterocycles. The average molecular weight is 489 g/mol. The van der Waals surface area contributed by atoms with Crippen LogP contribution in [-0.2, 0) is 22.6 Å². The molecule has 3 rings (SSSR count). The van der Waals surface area contributed by atoms with Crippen molar-refractivity contribution in [3.63, 3.8) is 0 Å². The van der Waals surface area contributed by atoms with Gasteiger partial charge in [-0.2, -0.15) is 0 Å². The Morgan fingerprint density at radius 3 is 2.31 bits per heavy atom. The number of nitrogens with zero attached hydrogens (tertiary/aromatic N) is 1. The van der Waals surface area contributed by atoms with Crippen LogP contribution in [0.5, 0.6) is 11.5 Å². The lowest BCUT2D eigenvalue weighted by Gasteiger charge is -2.31. The summed E-state index contributed by atoms with van der Waals surface area (Å²) < 4.78 is 11.2. The maximum absolute atomic E-state index is 13.7. The quantitative estimate of drug-likeness (QED) is 0.346. The lowest BCUT2D eigenvalue weighted by Crippen LogP contribution is -2.51. The molecule has 0 saturated heterocycles. The van der Waals surface area contributed by atoms with Crippen LogP contribution in [0.25, 0.3) is 0 Å². The Labute approximate surface area is 214 Å². The molecule has 6 heteroatoms. The molecule has 6 nitrogen and oxygen atoms in total. The van der Waals surface area contributed by atoms with Crippen LogP contribution in [-0.4, -0.2) is 43.0 Å². The van der Waals surface area contributed by atoms with E-state index in [-0.39, 0.29) is 18.4 Å². The average Bonchev–Trinajstić information content (AvgIpc) is 2.90. The Kier molecular flexibility index (Phi) is 10.4. The van der Waals surface area contributed by atoms with Crippen molar-refractivity contribution in [1.82, 2.24) is 10.2 Å². The largest absolute Gasteiger partial charge is 0.493 e. The first-order valence-electron chi connectivity index (χ1n) is 12.4. The second-order valence-electron chi connectivity index (χ2n) is 8.80. The first-order chi connectivity index (χ1) is 17.5. The summed E-state index contributed by atoms with van der Waals surface area (Å²) in [6, 6.07) is 24.3. The number of methoxy groups -OCH3 is 1. The van der Waals surface area contributed by atoms with E-state index in [1.54, 1.807) is 24.1 Å². The third kappa shape index (κ3) is 7.87. The number of hydrogen-bond acceptors (Lipinski definition) is 4. The summed E-state index contributed by atoms with van der Waals surface area (Å²) in [5.74, 6) is 0.601. The zero-order valence-corrected chi connectivity index (χ0v) is 21.4. The maximum atomic E-state index is 13.7.